The van der Waals surface area contributed by atoms with E-state index in [9.17, 15) is 0 Å². The molecule has 2 nitrogen and oxygen atoms in total. The average Bonchev–Trinajstić information content (AvgIpc) is 1.89. The molecule has 0 saturated carbocycles. The summed E-state index contributed by atoms with van der Waals surface area (Å²) in [4.78, 5) is 0. The first-order chi connectivity index (χ1) is 4.81. The van der Waals surface area contributed by atoms with Gasteiger partial charge in [0, 0.05) is 13.7 Å². The van der Waals surface area contributed by atoms with Gasteiger partial charge in [-0.05, 0) is 31.7 Å². The molecule has 62 valence electrons. The third kappa shape index (κ3) is 6.05. The third-order valence-electron chi connectivity index (χ3n) is 1.70. The van der Waals surface area contributed by atoms with Crippen LogP contribution in [0, 0.1) is 5.92 Å². The summed E-state index contributed by atoms with van der Waals surface area (Å²) in [5.74, 6) is 0.764. The second-order valence-corrected chi connectivity index (χ2v) is 2.82. The summed E-state index contributed by atoms with van der Waals surface area (Å²) >= 11 is 0. The van der Waals surface area contributed by atoms with Gasteiger partial charge in [0.2, 0.25) is 0 Å². The summed E-state index contributed by atoms with van der Waals surface area (Å²) in [7, 11) is 1.74. The van der Waals surface area contributed by atoms with E-state index in [0.717, 1.165) is 31.9 Å². The lowest BCUT2D eigenvalue weighted by Gasteiger charge is -2.07. The molecule has 0 spiro atoms. The van der Waals surface area contributed by atoms with Crippen LogP contribution >= 0.6 is 0 Å². The van der Waals surface area contributed by atoms with Crippen LogP contribution < -0.4 is 5.73 Å². The summed E-state index contributed by atoms with van der Waals surface area (Å²) in [5.41, 5.74) is 5.40. The van der Waals surface area contributed by atoms with Crippen LogP contribution in [0.2, 0.25) is 0 Å². The van der Waals surface area contributed by atoms with Gasteiger partial charge in [-0.15, -0.1) is 0 Å². The molecule has 0 aromatic carbocycles. The van der Waals surface area contributed by atoms with Gasteiger partial charge in [0.25, 0.3) is 0 Å². The van der Waals surface area contributed by atoms with Crippen LogP contribution in [0.5, 0.6) is 0 Å². The highest BCUT2D eigenvalue weighted by molar-refractivity contribution is 4.52. The molecule has 0 rings (SSSR count). The zero-order valence-corrected chi connectivity index (χ0v) is 7.10. The van der Waals surface area contributed by atoms with E-state index < -0.39 is 0 Å². The first kappa shape index (κ1) is 9.92. The highest BCUT2D eigenvalue weighted by Crippen LogP contribution is 2.08. The van der Waals surface area contributed by atoms with Crippen molar-refractivity contribution in [1.29, 1.82) is 0 Å². The fraction of sp³-hybridized carbons (Fsp3) is 1.00. The number of rotatable bonds is 6. The van der Waals surface area contributed by atoms with E-state index in [1.165, 1.54) is 6.42 Å². The van der Waals surface area contributed by atoms with Crippen LogP contribution in [-0.2, 0) is 4.74 Å². The van der Waals surface area contributed by atoms with Gasteiger partial charge < -0.3 is 10.5 Å². The van der Waals surface area contributed by atoms with Gasteiger partial charge in [-0.3, -0.25) is 0 Å². The standard InChI is InChI=1S/C8H19NO/c1-8(5-6-9)4-3-7-10-2/h8H,3-7,9H2,1-2H3. The molecule has 0 aliphatic heterocycles. The SMILES string of the molecule is COCCCC(C)CCN. The molecule has 0 saturated heterocycles. The van der Waals surface area contributed by atoms with Crippen LogP contribution in [0.3, 0.4) is 0 Å². The Morgan fingerprint density at radius 1 is 1.40 bits per heavy atom. The van der Waals surface area contributed by atoms with Gasteiger partial charge in [-0.1, -0.05) is 6.92 Å². The van der Waals surface area contributed by atoms with Crippen molar-refractivity contribution >= 4 is 0 Å². The summed E-state index contributed by atoms with van der Waals surface area (Å²) in [6.07, 6.45) is 3.55. The fourth-order valence-corrected chi connectivity index (χ4v) is 1.00. The summed E-state index contributed by atoms with van der Waals surface area (Å²) in [6.45, 7) is 3.94. The lowest BCUT2D eigenvalue weighted by molar-refractivity contribution is 0.187. The molecule has 0 bridgehead atoms. The molecular weight excluding hydrogens is 126 g/mol. The number of hydrogen-bond acceptors (Lipinski definition) is 2. The number of methoxy groups -OCH3 is 1. The van der Waals surface area contributed by atoms with Gasteiger partial charge in [0.15, 0.2) is 0 Å². The molecule has 1 unspecified atom stereocenters. The van der Waals surface area contributed by atoms with Crippen molar-refractivity contribution in [3.05, 3.63) is 0 Å². The molecule has 1 atom stereocenters. The molecule has 0 radical (unpaired) electrons. The Morgan fingerprint density at radius 2 is 2.10 bits per heavy atom. The first-order valence-corrected chi connectivity index (χ1v) is 4.00. The molecule has 2 N–H and O–H groups in total. The minimum Gasteiger partial charge on any atom is -0.385 e. The van der Waals surface area contributed by atoms with Crippen molar-refractivity contribution in [2.45, 2.75) is 26.2 Å². The van der Waals surface area contributed by atoms with Gasteiger partial charge >= 0.3 is 0 Å². The zero-order valence-electron chi connectivity index (χ0n) is 7.10. The van der Waals surface area contributed by atoms with Gasteiger partial charge in [-0.2, -0.15) is 0 Å². The monoisotopic (exact) mass is 145 g/mol. The second kappa shape index (κ2) is 7.03. The van der Waals surface area contributed by atoms with Crippen molar-refractivity contribution in [2.24, 2.45) is 11.7 Å². The summed E-state index contributed by atoms with van der Waals surface area (Å²) < 4.78 is 4.94. The molecule has 0 fully saturated rings. The Morgan fingerprint density at radius 3 is 2.60 bits per heavy atom. The highest BCUT2D eigenvalue weighted by Gasteiger charge is 1.98. The minimum absolute atomic E-state index is 0.764. The Balaban J connectivity index is 2.97. The normalized spacial score (nSPS) is 13.5. The van der Waals surface area contributed by atoms with Crippen molar-refractivity contribution < 1.29 is 4.74 Å². The van der Waals surface area contributed by atoms with E-state index in [2.05, 4.69) is 6.92 Å². The van der Waals surface area contributed by atoms with E-state index in [4.69, 9.17) is 10.5 Å². The predicted octanol–water partition coefficient (Wildman–Crippen LogP) is 1.40. The Labute approximate surface area is 63.7 Å². The topological polar surface area (TPSA) is 35.2 Å². The Bertz CT molecular complexity index is 66.3. The van der Waals surface area contributed by atoms with Crippen LogP contribution in [0.15, 0.2) is 0 Å². The second-order valence-electron chi connectivity index (χ2n) is 2.82. The Kier molecular flexibility index (Phi) is 6.98. The molecule has 0 aromatic rings. The molecule has 0 aromatic heterocycles. The van der Waals surface area contributed by atoms with Crippen LogP contribution in [0.4, 0.5) is 0 Å². The third-order valence-corrected chi connectivity index (χ3v) is 1.70. The molecule has 0 heterocycles. The number of ether oxygens (including phenoxy) is 1. The smallest absolute Gasteiger partial charge is 0.0462 e. The lowest BCUT2D eigenvalue weighted by Crippen LogP contribution is -2.06. The maximum atomic E-state index is 5.40. The van der Waals surface area contributed by atoms with Crippen molar-refractivity contribution in [2.75, 3.05) is 20.3 Å². The van der Waals surface area contributed by atoms with Crippen LogP contribution in [0.25, 0.3) is 0 Å². The van der Waals surface area contributed by atoms with Crippen LogP contribution in [-0.4, -0.2) is 20.3 Å². The largest absolute Gasteiger partial charge is 0.385 e. The van der Waals surface area contributed by atoms with Crippen molar-refractivity contribution in [3.8, 4) is 0 Å². The van der Waals surface area contributed by atoms with Gasteiger partial charge in [-0.25, -0.2) is 0 Å². The maximum Gasteiger partial charge on any atom is 0.0462 e. The average molecular weight is 145 g/mol. The first-order valence-electron chi connectivity index (χ1n) is 4.00. The van der Waals surface area contributed by atoms with Gasteiger partial charge in [0.05, 0.1) is 0 Å². The molecule has 0 aliphatic carbocycles. The fourth-order valence-electron chi connectivity index (χ4n) is 1.00. The van der Waals surface area contributed by atoms with E-state index in [0.29, 0.717) is 0 Å². The number of hydrogen-bond donors (Lipinski definition) is 1. The van der Waals surface area contributed by atoms with E-state index in [1.807, 2.05) is 0 Å². The highest BCUT2D eigenvalue weighted by atomic mass is 16.5. The quantitative estimate of drug-likeness (QED) is 0.573. The Hall–Kier alpha value is -0.0800. The van der Waals surface area contributed by atoms with E-state index in [1.54, 1.807) is 7.11 Å². The van der Waals surface area contributed by atoms with E-state index >= 15 is 0 Å². The predicted molar refractivity (Wildman–Crippen MR) is 43.9 cm³/mol. The summed E-state index contributed by atoms with van der Waals surface area (Å²) in [5, 5.41) is 0. The van der Waals surface area contributed by atoms with Crippen molar-refractivity contribution in [1.82, 2.24) is 0 Å². The van der Waals surface area contributed by atoms with Crippen molar-refractivity contribution in [3.63, 3.8) is 0 Å². The molecule has 2 heteroatoms. The molecule has 0 aliphatic rings. The lowest BCUT2D eigenvalue weighted by atomic mass is 10.0. The molecular formula is C8H19NO. The molecule has 10 heavy (non-hydrogen) atoms. The molecule has 0 amide bonds. The van der Waals surface area contributed by atoms with Crippen LogP contribution in [0.1, 0.15) is 26.2 Å². The minimum atomic E-state index is 0.764. The van der Waals surface area contributed by atoms with Gasteiger partial charge in [0.1, 0.15) is 0 Å². The summed E-state index contributed by atoms with van der Waals surface area (Å²) in [6, 6.07) is 0. The maximum absolute atomic E-state index is 5.40. The zero-order chi connectivity index (χ0) is 7.82. The number of nitrogens with two attached hydrogens (primary N) is 1. The van der Waals surface area contributed by atoms with E-state index in [-0.39, 0.29) is 0 Å².